The van der Waals surface area contributed by atoms with E-state index in [1.165, 1.54) is 6.07 Å². The molecule has 2 aromatic rings. The van der Waals surface area contributed by atoms with Crippen LogP contribution in [0.2, 0.25) is 0 Å². The van der Waals surface area contributed by atoms with E-state index in [9.17, 15) is 14.9 Å². The molecule has 1 amide bonds. The van der Waals surface area contributed by atoms with Gasteiger partial charge in [-0.25, -0.2) is 0 Å². The van der Waals surface area contributed by atoms with E-state index in [1.807, 2.05) is 13.0 Å². The van der Waals surface area contributed by atoms with Gasteiger partial charge in [-0.2, -0.15) is 0 Å². The minimum absolute atomic E-state index is 0.0170. The third-order valence-corrected chi connectivity index (χ3v) is 4.47. The molecule has 0 radical (unpaired) electrons. The van der Waals surface area contributed by atoms with Gasteiger partial charge >= 0.3 is 0 Å². The summed E-state index contributed by atoms with van der Waals surface area (Å²) in [7, 11) is 0. The van der Waals surface area contributed by atoms with Gasteiger partial charge < -0.3 is 5.32 Å². The Hall–Kier alpha value is -2.32. The van der Waals surface area contributed by atoms with Crippen LogP contribution < -0.4 is 10.6 Å². The highest BCUT2D eigenvalue weighted by Gasteiger charge is 2.15. The Morgan fingerprint density at radius 2 is 1.96 bits per heavy atom. The maximum Gasteiger partial charge on any atom is 0.274 e. The van der Waals surface area contributed by atoms with Gasteiger partial charge in [-0.1, -0.05) is 28.1 Å². The number of nitrogens with zero attached hydrogens (tertiary/aromatic N) is 1. The summed E-state index contributed by atoms with van der Waals surface area (Å²) >= 11 is 8.49. The lowest BCUT2D eigenvalue weighted by Gasteiger charge is -2.12. The van der Waals surface area contributed by atoms with E-state index in [0.717, 1.165) is 10.0 Å². The molecule has 2 N–H and O–H groups in total. The molecule has 24 heavy (non-hydrogen) atoms. The van der Waals surface area contributed by atoms with Crippen molar-refractivity contribution in [3.8, 4) is 0 Å². The second kappa shape index (κ2) is 7.50. The molecule has 2 rings (SSSR count). The number of nitrogens with one attached hydrogen (secondary N) is 2. The van der Waals surface area contributed by atoms with Gasteiger partial charge in [0.15, 0.2) is 5.11 Å². The van der Waals surface area contributed by atoms with E-state index in [0.29, 0.717) is 16.8 Å². The molecule has 0 aliphatic carbocycles. The SMILES string of the molecule is Cc1ccc(C(=O)NC(=S)Nc2cccc([N+](=O)[O-])c2C)cc1Br. The molecule has 124 valence electrons. The Kier molecular flexibility index (Phi) is 5.63. The smallest absolute Gasteiger partial charge is 0.274 e. The summed E-state index contributed by atoms with van der Waals surface area (Å²) < 4.78 is 0.823. The standard InChI is InChI=1S/C16H14BrN3O3S/c1-9-6-7-11(8-12(9)17)15(21)19-16(24)18-13-4-3-5-14(10(13)2)20(22)23/h3-8H,1-2H3,(H2,18,19,21,24). The fraction of sp³-hybridized carbons (Fsp3) is 0.125. The van der Waals surface area contributed by atoms with Crippen molar-refractivity contribution in [3.05, 3.63) is 67.7 Å². The third kappa shape index (κ3) is 4.15. The number of amides is 1. The quantitative estimate of drug-likeness (QED) is 0.454. The summed E-state index contributed by atoms with van der Waals surface area (Å²) in [6, 6.07) is 9.83. The number of hydrogen-bond donors (Lipinski definition) is 2. The monoisotopic (exact) mass is 407 g/mol. The zero-order chi connectivity index (χ0) is 17.9. The number of aryl methyl sites for hydroxylation is 1. The zero-order valence-electron chi connectivity index (χ0n) is 12.9. The van der Waals surface area contributed by atoms with Gasteiger partial charge in [0.1, 0.15) is 0 Å². The lowest BCUT2D eigenvalue weighted by atomic mass is 10.1. The summed E-state index contributed by atoms with van der Waals surface area (Å²) in [6.07, 6.45) is 0. The van der Waals surface area contributed by atoms with Crippen molar-refractivity contribution in [2.45, 2.75) is 13.8 Å². The van der Waals surface area contributed by atoms with E-state index in [1.54, 1.807) is 31.2 Å². The van der Waals surface area contributed by atoms with Gasteiger partial charge in [0.2, 0.25) is 0 Å². The summed E-state index contributed by atoms with van der Waals surface area (Å²) in [6.45, 7) is 3.53. The lowest BCUT2D eigenvalue weighted by Crippen LogP contribution is -2.34. The van der Waals surface area contributed by atoms with Gasteiger partial charge in [0, 0.05) is 16.1 Å². The van der Waals surface area contributed by atoms with E-state index in [-0.39, 0.29) is 16.7 Å². The van der Waals surface area contributed by atoms with Crippen molar-refractivity contribution in [1.29, 1.82) is 0 Å². The summed E-state index contributed by atoms with van der Waals surface area (Å²) in [5.74, 6) is -0.365. The molecule has 0 fully saturated rings. The fourth-order valence-corrected chi connectivity index (χ4v) is 2.60. The average molecular weight is 408 g/mol. The Labute approximate surface area is 152 Å². The Balaban J connectivity index is 2.11. The highest BCUT2D eigenvalue weighted by atomic mass is 79.9. The molecule has 0 aliphatic heterocycles. The van der Waals surface area contributed by atoms with Crippen molar-refractivity contribution >= 4 is 50.5 Å². The number of thiocarbonyl (C=S) groups is 1. The second-order valence-electron chi connectivity index (χ2n) is 5.08. The van der Waals surface area contributed by atoms with Crippen molar-refractivity contribution in [2.75, 3.05) is 5.32 Å². The first-order chi connectivity index (χ1) is 11.3. The van der Waals surface area contributed by atoms with Gasteiger partial charge in [-0.15, -0.1) is 0 Å². The Bertz CT molecular complexity index is 839. The van der Waals surface area contributed by atoms with Gasteiger partial charge in [-0.3, -0.25) is 20.2 Å². The topological polar surface area (TPSA) is 84.3 Å². The minimum atomic E-state index is -0.466. The molecule has 0 heterocycles. The first-order valence-electron chi connectivity index (χ1n) is 6.92. The molecule has 0 saturated heterocycles. The Morgan fingerprint density at radius 3 is 2.58 bits per heavy atom. The van der Waals surface area contributed by atoms with Crippen LogP contribution in [0, 0.1) is 24.0 Å². The van der Waals surface area contributed by atoms with E-state index < -0.39 is 4.92 Å². The lowest BCUT2D eigenvalue weighted by molar-refractivity contribution is -0.385. The van der Waals surface area contributed by atoms with Crippen LogP contribution in [0.3, 0.4) is 0 Å². The summed E-state index contributed by atoms with van der Waals surface area (Å²) in [4.78, 5) is 22.7. The molecular weight excluding hydrogens is 394 g/mol. The summed E-state index contributed by atoms with van der Waals surface area (Å²) in [5, 5.41) is 16.4. The van der Waals surface area contributed by atoms with Crippen LogP contribution in [-0.2, 0) is 0 Å². The van der Waals surface area contributed by atoms with Crippen molar-refractivity contribution < 1.29 is 9.72 Å². The van der Waals surface area contributed by atoms with Crippen molar-refractivity contribution in [3.63, 3.8) is 0 Å². The number of benzene rings is 2. The number of carbonyl (C=O) groups is 1. The average Bonchev–Trinajstić information content (AvgIpc) is 2.51. The van der Waals surface area contributed by atoms with Crippen LogP contribution in [0.5, 0.6) is 0 Å². The first kappa shape index (κ1) is 18.0. The first-order valence-corrected chi connectivity index (χ1v) is 8.12. The molecule has 0 saturated carbocycles. The Morgan fingerprint density at radius 1 is 1.25 bits per heavy atom. The van der Waals surface area contributed by atoms with E-state index >= 15 is 0 Å². The molecule has 0 aromatic heterocycles. The molecule has 6 nitrogen and oxygen atoms in total. The van der Waals surface area contributed by atoms with Crippen LogP contribution in [0.1, 0.15) is 21.5 Å². The van der Waals surface area contributed by atoms with Crippen molar-refractivity contribution in [2.24, 2.45) is 0 Å². The predicted molar refractivity (Wildman–Crippen MR) is 100 cm³/mol. The third-order valence-electron chi connectivity index (χ3n) is 3.41. The van der Waals surface area contributed by atoms with Crippen molar-refractivity contribution in [1.82, 2.24) is 5.32 Å². The number of carbonyl (C=O) groups excluding carboxylic acids is 1. The molecule has 0 aliphatic rings. The van der Waals surface area contributed by atoms with Gasteiger partial charge in [-0.05, 0) is 49.8 Å². The normalized spacial score (nSPS) is 10.1. The van der Waals surface area contributed by atoms with Gasteiger partial charge in [0.25, 0.3) is 11.6 Å². The highest BCUT2D eigenvalue weighted by Crippen LogP contribution is 2.25. The zero-order valence-corrected chi connectivity index (χ0v) is 15.3. The number of nitro groups is 1. The molecule has 0 bridgehead atoms. The number of hydrogen-bond acceptors (Lipinski definition) is 4. The van der Waals surface area contributed by atoms with Crippen LogP contribution in [0.25, 0.3) is 0 Å². The van der Waals surface area contributed by atoms with Gasteiger partial charge in [0.05, 0.1) is 16.2 Å². The molecule has 0 unspecified atom stereocenters. The number of nitro benzene ring substituents is 1. The summed E-state index contributed by atoms with van der Waals surface area (Å²) in [5.41, 5.74) is 2.36. The van der Waals surface area contributed by atoms with Crippen LogP contribution in [0.4, 0.5) is 11.4 Å². The second-order valence-corrected chi connectivity index (χ2v) is 6.34. The molecule has 0 atom stereocenters. The maximum absolute atomic E-state index is 12.2. The fourth-order valence-electron chi connectivity index (χ4n) is 2.02. The van der Waals surface area contributed by atoms with Crippen LogP contribution in [-0.4, -0.2) is 15.9 Å². The van der Waals surface area contributed by atoms with E-state index in [4.69, 9.17) is 12.2 Å². The molecule has 0 spiro atoms. The molecular formula is C16H14BrN3O3S. The largest absolute Gasteiger partial charge is 0.332 e. The van der Waals surface area contributed by atoms with E-state index in [2.05, 4.69) is 26.6 Å². The predicted octanol–water partition coefficient (Wildman–Crippen LogP) is 4.10. The van der Waals surface area contributed by atoms with Crippen LogP contribution in [0.15, 0.2) is 40.9 Å². The highest BCUT2D eigenvalue weighted by molar-refractivity contribution is 9.10. The van der Waals surface area contributed by atoms with Crippen LogP contribution >= 0.6 is 28.1 Å². The number of halogens is 1. The molecule has 8 heteroatoms. The number of anilines is 1. The maximum atomic E-state index is 12.2. The number of rotatable bonds is 3. The minimum Gasteiger partial charge on any atom is -0.332 e. The molecule has 2 aromatic carbocycles.